The number of thiocarbonyl (C=S) groups is 1. The molecule has 5 heteroatoms. The Bertz CT molecular complexity index is 319. The summed E-state index contributed by atoms with van der Waals surface area (Å²) in [6, 6.07) is 1.81. The van der Waals surface area contributed by atoms with Crippen molar-refractivity contribution in [3.63, 3.8) is 0 Å². The summed E-state index contributed by atoms with van der Waals surface area (Å²) in [6.45, 7) is 1.79. The van der Waals surface area contributed by atoms with Crippen LogP contribution in [0.25, 0.3) is 0 Å². The van der Waals surface area contributed by atoms with Crippen molar-refractivity contribution in [3.8, 4) is 5.75 Å². The molecule has 1 heterocycles. The van der Waals surface area contributed by atoms with Crippen LogP contribution in [0.1, 0.15) is 6.92 Å². The lowest BCUT2D eigenvalue weighted by molar-refractivity contribution is 0.287. The summed E-state index contributed by atoms with van der Waals surface area (Å²) < 4.78 is 6.26. The molecule has 1 aromatic rings. The maximum absolute atomic E-state index is 5.40. The van der Waals surface area contributed by atoms with E-state index in [1.165, 1.54) is 0 Å². The predicted octanol–water partition coefficient (Wildman–Crippen LogP) is 1.90. The fraction of sp³-hybridized carbons (Fsp3) is 0.250. The Hall–Kier alpha value is -0.680. The zero-order chi connectivity index (χ0) is 9.84. The van der Waals surface area contributed by atoms with Gasteiger partial charge < -0.3 is 10.5 Å². The van der Waals surface area contributed by atoms with Crippen molar-refractivity contribution < 1.29 is 4.74 Å². The van der Waals surface area contributed by atoms with Crippen LogP contribution in [0.15, 0.2) is 22.9 Å². The van der Waals surface area contributed by atoms with Crippen LogP contribution in [0.3, 0.4) is 0 Å². The average Bonchev–Trinajstić information content (AvgIpc) is 2.04. The van der Waals surface area contributed by atoms with E-state index in [1.807, 2.05) is 6.07 Å². The molecule has 0 saturated carbocycles. The maximum atomic E-state index is 5.40. The van der Waals surface area contributed by atoms with Crippen molar-refractivity contribution in [1.29, 1.82) is 0 Å². The first kappa shape index (κ1) is 10.4. The molecule has 0 aliphatic carbocycles. The van der Waals surface area contributed by atoms with Gasteiger partial charge in [-0.25, -0.2) is 0 Å². The van der Waals surface area contributed by atoms with Gasteiger partial charge in [-0.2, -0.15) is 0 Å². The quantitative estimate of drug-likeness (QED) is 0.844. The molecule has 1 unspecified atom stereocenters. The Labute approximate surface area is 90.4 Å². The lowest BCUT2D eigenvalue weighted by Gasteiger charge is -2.12. The molecule has 0 spiro atoms. The van der Waals surface area contributed by atoms with E-state index in [2.05, 4.69) is 20.9 Å². The summed E-state index contributed by atoms with van der Waals surface area (Å²) in [7, 11) is 0. The Kier molecular flexibility index (Phi) is 3.62. The highest BCUT2D eigenvalue weighted by Gasteiger charge is 2.06. The van der Waals surface area contributed by atoms with Crippen LogP contribution < -0.4 is 10.5 Å². The molecule has 0 aromatic carbocycles. The third kappa shape index (κ3) is 3.28. The lowest BCUT2D eigenvalue weighted by atomic mass is 10.4. The Balaban J connectivity index is 2.69. The number of nitrogens with two attached hydrogens (primary N) is 1. The maximum Gasteiger partial charge on any atom is 0.145 e. The Morgan fingerprint density at radius 2 is 2.38 bits per heavy atom. The molecule has 0 aliphatic rings. The molecule has 0 aliphatic heterocycles. The molecule has 1 aromatic heterocycles. The second-order valence-corrected chi connectivity index (χ2v) is 3.89. The summed E-state index contributed by atoms with van der Waals surface area (Å²) in [4.78, 5) is 4.27. The van der Waals surface area contributed by atoms with Gasteiger partial charge in [0.05, 0.1) is 6.20 Å². The predicted molar refractivity (Wildman–Crippen MR) is 58.8 cm³/mol. The van der Waals surface area contributed by atoms with Crippen molar-refractivity contribution in [2.45, 2.75) is 13.0 Å². The number of rotatable bonds is 3. The van der Waals surface area contributed by atoms with Gasteiger partial charge in [0.15, 0.2) is 0 Å². The van der Waals surface area contributed by atoms with Gasteiger partial charge in [0.2, 0.25) is 0 Å². The minimum atomic E-state index is -0.272. The number of hydrogen-bond acceptors (Lipinski definition) is 3. The summed E-state index contributed by atoms with van der Waals surface area (Å²) in [6.07, 6.45) is 3.02. The third-order valence-corrected chi connectivity index (χ3v) is 2.16. The van der Waals surface area contributed by atoms with Crippen LogP contribution >= 0.6 is 28.1 Å². The molecule has 70 valence electrons. The van der Waals surface area contributed by atoms with E-state index < -0.39 is 0 Å². The van der Waals surface area contributed by atoms with Crippen LogP contribution in [0.5, 0.6) is 5.75 Å². The van der Waals surface area contributed by atoms with Crippen LogP contribution in [-0.4, -0.2) is 16.1 Å². The fourth-order valence-corrected chi connectivity index (χ4v) is 1.11. The van der Waals surface area contributed by atoms with E-state index in [9.17, 15) is 0 Å². The zero-order valence-electron chi connectivity index (χ0n) is 7.03. The van der Waals surface area contributed by atoms with Gasteiger partial charge in [-0.1, -0.05) is 12.2 Å². The Morgan fingerprint density at radius 1 is 1.69 bits per heavy atom. The SMILES string of the molecule is CC(Oc1cncc(Br)c1)C(N)=S. The summed E-state index contributed by atoms with van der Waals surface area (Å²) >= 11 is 8.05. The number of halogens is 1. The summed E-state index contributed by atoms with van der Waals surface area (Å²) in [5.74, 6) is 0.648. The second kappa shape index (κ2) is 4.53. The highest BCUT2D eigenvalue weighted by Crippen LogP contribution is 2.16. The first-order chi connectivity index (χ1) is 6.09. The number of pyridine rings is 1. The molecular formula is C8H9BrN2OS. The van der Waals surface area contributed by atoms with Crippen molar-refractivity contribution in [3.05, 3.63) is 22.9 Å². The third-order valence-electron chi connectivity index (χ3n) is 1.39. The molecule has 3 nitrogen and oxygen atoms in total. The molecule has 0 fully saturated rings. The molecule has 13 heavy (non-hydrogen) atoms. The van der Waals surface area contributed by atoms with E-state index in [-0.39, 0.29) is 6.10 Å². The van der Waals surface area contributed by atoms with E-state index in [0.29, 0.717) is 10.7 Å². The summed E-state index contributed by atoms with van der Waals surface area (Å²) in [5.41, 5.74) is 5.40. The summed E-state index contributed by atoms with van der Waals surface area (Å²) in [5, 5.41) is 0. The van der Waals surface area contributed by atoms with Crippen LogP contribution in [-0.2, 0) is 0 Å². The Morgan fingerprint density at radius 3 is 2.92 bits per heavy atom. The molecule has 0 saturated heterocycles. The number of nitrogens with zero attached hydrogens (tertiary/aromatic N) is 1. The fourth-order valence-electron chi connectivity index (χ4n) is 0.719. The largest absolute Gasteiger partial charge is 0.482 e. The van der Waals surface area contributed by atoms with Crippen LogP contribution in [0, 0.1) is 0 Å². The van der Waals surface area contributed by atoms with Gasteiger partial charge in [-0.05, 0) is 28.9 Å². The first-order valence-corrected chi connectivity index (χ1v) is 4.86. The molecule has 0 amide bonds. The monoisotopic (exact) mass is 260 g/mol. The van der Waals surface area contributed by atoms with Crippen molar-refractivity contribution in [2.24, 2.45) is 5.73 Å². The highest BCUT2D eigenvalue weighted by atomic mass is 79.9. The highest BCUT2D eigenvalue weighted by molar-refractivity contribution is 9.10. The van der Waals surface area contributed by atoms with Gasteiger partial charge >= 0.3 is 0 Å². The van der Waals surface area contributed by atoms with Crippen LogP contribution in [0.4, 0.5) is 0 Å². The first-order valence-electron chi connectivity index (χ1n) is 3.66. The van der Waals surface area contributed by atoms with Gasteiger partial charge in [0.25, 0.3) is 0 Å². The second-order valence-electron chi connectivity index (χ2n) is 2.50. The van der Waals surface area contributed by atoms with Gasteiger partial charge in [0.1, 0.15) is 16.8 Å². The van der Waals surface area contributed by atoms with Crippen molar-refractivity contribution in [1.82, 2.24) is 4.98 Å². The standard InChI is InChI=1S/C8H9BrN2OS/c1-5(8(10)13)12-7-2-6(9)3-11-4-7/h2-5H,1H3,(H2,10,13). The molecular weight excluding hydrogens is 252 g/mol. The van der Waals surface area contributed by atoms with E-state index >= 15 is 0 Å². The van der Waals surface area contributed by atoms with Gasteiger partial charge in [-0.3, -0.25) is 4.98 Å². The molecule has 0 bridgehead atoms. The van der Waals surface area contributed by atoms with Gasteiger partial charge in [0, 0.05) is 10.7 Å². The molecule has 1 rings (SSSR count). The van der Waals surface area contributed by atoms with E-state index in [4.69, 9.17) is 22.7 Å². The lowest BCUT2D eigenvalue weighted by Crippen LogP contribution is -2.28. The number of aromatic nitrogens is 1. The van der Waals surface area contributed by atoms with E-state index in [0.717, 1.165) is 4.47 Å². The minimum Gasteiger partial charge on any atom is -0.482 e. The normalized spacial score (nSPS) is 12.2. The van der Waals surface area contributed by atoms with Crippen molar-refractivity contribution in [2.75, 3.05) is 0 Å². The molecule has 1 atom stereocenters. The number of ether oxygens (including phenoxy) is 1. The number of hydrogen-bond donors (Lipinski definition) is 1. The van der Waals surface area contributed by atoms with Crippen LogP contribution in [0.2, 0.25) is 0 Å². The average molecular weight is 261 g/mol. The van der Waals surface area contributed by atoms with Crippen molar-refractivity contribution >= 4 is 33.1 Å². The van der Waals surface area contributed by atoms with Gasteiger partial charge in [-0.15, -0.1) is 0 Å². The minimum absolute atomic E-state index is 0.272. The topological polar surface area (TPSA) is 48.1 Å². The smallest absolute Gasteiger partial charge is 0.145 e. The molecule has 0 radical (unpaired) electrons. The van der Waals surface area contributed by atoms with E-state index in [1.54, 1.807) is 19.3 Å². The molecule has 2 N–H and O–H groups in total. The zero-order valence-corrected chi connectivity index (χ0v) is 9.43.